The second-order valence-electron chi connectivity index (χ2n) is 3.14. The molecule has 74 valence electrons. The number of hydrogen-bond donors (Lipinski definition) is 0. The molecule has 1 fully saturated rings. The maximum atomic E-state index is 10.5. The third-order valence-electron chi connectivity index (χ3n) is 1.94. The lowest BCUT2D eigenvalue weighted by atomic mass is 10.2. The Morgan fingerprint density at radius 3 is 3.00 bits per heavy atom. The highest BCUT2D eigenvalue weighted by Gasteiger charge is 2.21. The molecule has 0 bridgehead atoms. The summed E-state index contributed by atoms with van der Waals surface area (Å²) in [5, 5.41) is 0. The molecule has 1 atom stereocenters. The van der Waals surface area contributed by atoms with Gasteiger partial charge in [-0.05, 0) is 18.9 Å². The molecule has 0 unspecified atom stereocenters. The molecule has 1 rings (SSSR count). The fourth-order valence-electron chi connectivity index (χ4n) is 1.20. The second kappa shape index (κ2) is 5.62. The molecule has 0 amide bonds. The molecule has 3 heteroatoms. The number of cyclic esters (lactones) is 2. The van der Waals surface area contributed by atoms with E-state index in [1.165, 1.54) is 19.3 Å². The zero-order valence-corrected chi connectivity index (χ0v) is 7.99. The first-order chi connectivity index (χ1) is 6.33. The van der Waals surface area contributed by atoms with E-state index in [0.29, 0.717) is 6.61 Å². The van der Waals surface area contributed by atoms with Crippen molar-refractivity contribution in [3.63, 3.8) is 0 Å². The molecule has 13 heavy (non-hydrogen) atoms. The Morgan fingerprint density at radius 1 is 1.54 bits per heavy atom. The molecule has 1 aliphatic heterocycles. The van der Waals surface area contributed by atoms with Crippen LogP contribution in [0.15, 0.2) is 12.2 Å². The van der Waals surface area contributed by atoms with Gasteiger partial charge in [0.05, 0.1) is 0 Å². The predicted octanol–water partition coefficient (Wildman–Crippen LogP) is 2.66. The maximum Gasteiger partial charge on any atom is 0.509 e. The number of rotatable bonds is 5. The molecule has 1 heterocycles. The average molecular weight is 184 g/mol. The normalized spacial score (nSPS) is 21.9. The van der Waals surface area contributed by atoms with Crippen LogP contribution in [0.25, 0.3) is 0 Å². The summed E-state index contributed by atoms with van der Waals surface area (Å²) in [5.41, 5.74) is 0. The van der Waals surface area contributed by atoms with E-state index in [1.807, 2.05) is 6.08 Å². The largest absolute Gasteiger partial charge is 0.509 e. The first-order valence-electron chi connectivity index (χ1n) is 4.83. The van der Waals surface area contributed by atoms with E-state index < -0.39 is 6.16 Å². The van der Waals surface area contributed by atoms with E-state index in [0.717, 1.165) is 6.42 Å². The molecule has 0 aliphatic carbocycles. The molecule has 0 aromatic heterocycles. The van der Waals surface area contributed by atoms with Crippen LogP contribution in [-0.2, 0) is 9.47 Å². The Labute approximate surface area is 78.7 Å². The van der Waals surface area contributed by atoms with Gasteiger partial charge in [-0.2, -0.15) is 0 Å². The van der Waals surface area contributed by atoms with Gasteiger partial charge in [0.25, 0.3) is 0 Å². The summed E-state index contributed by atoms with van der Waals surface area (Å²) in [6.45, 7) is 2.54. The van der Waals surface area contributed by atoms with Crippen molar-refractivity contribution in [2.24, 2.45) is 0 Å². The van der Waals surface area contributed by atoms with Gasteiger partial charge in [0.15, 0.2) is 6.10 Å². The lowest BCUT2D eigenvalue weighted by Crippen LogP contribution is -2.04. The lowest BCUT2D eigenvalue weighted by molar-refractivity contribution is 0.125. The van der Waals surface area contributed by atoms with Gasteiger partial charge in [-0.15, -0.1) is 0 Å². The van der Waals surface area contributed by atoms with Crippen LogP contribution in [0, 0.1) is 0 Å². The van der Waals surface area contributed by atoms with Crippen molar-refractivity contribution in [1.29, 1.82) is 0 Å². The van der Waals surface area contributed by atoms with E-state index in [-0.39, 0.29) is 6.10 Å². The maximum absolute atomic E-state index is 10.5. The third kappa shape index (κ3) is 3.97. The number of unbranched alkanes of at least 4 members (excludes halogenated alkanes) is 3. The topological polar surface area (TPSA) is 35.5 Å². The predicted molar refractivity (Wildman–Crippen MR) is 49.5 cm³/mol. The van der Waals surface area contributed by atoms with E-state index in [2.05, 4.69) is 17.7 Å². The zero-order chi connectivity index (χ0) is 9.52. The monoisotopic (exact) mass is 184 g/mol. The van der Waals surface area contributed by atoms with Crippen LogP contribution in [0.2, 0.25) is 0 Å². The van der Waals surface area contributed by atoms with Gasteiger partial charge in [-0.3, -0.25) is 0 Å². The molecule has 0 aromatic rings. The molecular weight excluding hydrogens is 168 g/mol. The van der Waals surface area contributed by atoms with E-state index in [9.17, 15) is 4.79 Å². The molecule has 3 nitrogen and oxygen atoms in total. The Morgan fingerprint density at radius 2 is 2.38 bits per heavy atom. The summed E-state index contributed by atoms with van der Waals surface area (Å²) >= 11 is 0. The highest BCUT2D eigenvalue weighted by atomic mass is 16.8. The Hall–Kier alpha value is -0.990. The SMILES string of the molecule is CCCCC/C=C/[C@@H]1COC(=O)O1. The van der Waals surface area contributed by atoms with Crippen molar-refractivity contribution >= 4 is 6.16 Å². The fraction of sp³-hybridized carbons (Fsp3) is 0.700. The average Bonchev–Trinajstić information content (AvgIpc) is 2.51. The molecule has 0 N–H and O–H groups in total. The minimum atomic E-state index is -0.553. The third-order valence-corrected chi connectivity index (χ3v) is 1.94. The highest BCUT2D eigenvalue weighted by molar-refractivity contribution is 5.62. The van der Waals surface area contributed by atoms with Crippen LogP contribution in [0.4, 0.5) is 4.79 Å². The molecule has 1 saturated heterocycles. The van der Waals surface area contributed by atoms with Crippen LogP contribution < -0.4 is 0 Å². The summed E-state index contributed by atoms with van der Waals surface area (Å²) < 4.78 is 9.45. The van der Waals surface area contributed by atoms with E-state index in [1.54, 1.807) is 0 Å². The van der Waals surface area contributed by atoms with Crippen molar-refractivity contribution in [3.8, 4) is 0 Å². The van der Waals surface area contributed by atoms with Crippen LogP contribution >= 0.6 is 0 Å². The molecule has 1 aliphatic rings. The summed E-state index contributed by atoms with van der Waals surface area (Å²) in [5.74, 6) is 0. The van der Waals surface area contributed by atoms with Crippen LogP contribution in [0.5, 0.6) is 0 Å². The van der Waals surface area contributed by atoms with Gasteiger partial charge in [-0.25, -0.2) is 4.79 Å². The molecule has 0 spiro atoms. The highest BCUT2D eigenvalue weighted by Crippen LogP contribution is 2.08. The lowest BCUT2D eigenvalue weighted by Gasteiger charge is -1.97. The minimum Gasteiger partial charge on any atom is -0.430 e. The smallest absolute Gasteiger partial charge is 0.430 e. The molecule has 0 aromatic carbocycles. The number of ether oxygens (including phenoxy) is 2. The summed E-state index contributed by atoms with van der Waals surface area (Å²) in [4.78, 5) is 10.5. The van der Waals surface area contributed by atoms with Crippen LogP contribution in [0.1, 0.15) is 32.6 Å². The quantitative estimate of drug-likeness (QED) is 0.374. The van der Waals surface area contributed by atoms with Gasteiger partial charge in [0.1, 0.15) is 6.61 Å². The van der Waals surface area contributed by atoms with Gasteiger partial charge in [-0.1, -0.05) is 25.8 Å². The summed E-state index contributed by atoms with van der Waals surface area (Å²) in [7, 11) is 0. The van der Waals surface area contributed by atoms with E-state index in [4.69, 9.17) is 4.74 Å². The van der Waals surface area contributed by atoms with Crippen molar-refractivity contribution in [2.75, 3.05) is 6.61 Å². The Bertz CT molecular complexity index is 187. The number of carbonyl (C=O) groups excluding carboxylic acids is 1. The molecular formula is C10H16O3. The first kappa shape index (κ1) is 10.1. The number of allylic oxidation sites excluding steroid dienone is 1. The van der Waals surface area contributed by atoms with Gasteiger partial charge in [0, 0.05) is 0 Å². The van der Waals surface area contributed by atoms with Crippen molar-refractivity contribution < 1.29 is 14.3 Å². The zero-order valence-electron chi connectivity index (χ0n) is 7.99. The summed E-state index contributed by atoms with van der Waals surface area (Å²) in [6.07, 6.45) is 8.00. The van der Waals surface area contributed by atoms with Gasteiger partial charge < -0.3 is 9.47 Å². The Kier molecular flexibility index (Phi) is 4.36. The van der Waals surface area contributed by atoms with E-state index >= 15 is 0 Å². The van der Waals surface area contributed by atoms with Crippen LogP contribution in [-0.4, -0.2) is 18.9 Å². The van der Waals surface area contributed by atoms with Gasteiger partial charge in [0.2, 0.25) is 0 Å². The van der Waals surface area contributed by atoms with Crippen LogP contribution in [0.3, 0.4) is 0 Å². The number of hydrogen-bond acceptors (Lipinski definition) is 3. The Balaban J connectivity index is 2.06. The summed E-state index contributed by atoms with van der Waals surface area (Å²) in [6, 6.07) is 0. The number of carbonyl (C=O) groups is 1. The molecule has 0 radical (unpaired) electrons. The first-order valence-corrected chi connectivity index (χ1v) is 4.83. The van der Waals surface area contributed by atoms with Crippen molar-refractivity contribution in [2.45, 2.75) is 38.7 Å². The molecule has 0 saturated carbocycles. The van der Waals surface area contributed by atoms with Gasteiger partial charge >= 0.3 is 6.16 Å². The fourth-order valence-corrected chi connectivity index (χ4v) is 1.20. The van der Waals surface area contributed by atoms with Crippen molar-refractivity contribution in [3.05, 3.63) is 12.2 Å². The standard InChI is InChI=1S/C10H16O3/c1-2-3-4-5-6-7-9-8-12-10(11)13-9/h6-7,9H,2-5,8H2,1H3/b7-6+/t9-/m1/s1. The minimum absolute atomic E-state index is 0.158. The second-order valence-corrected chi connectivity index (χ2v) is 3.14. The van der Waals surface area contributed by atoms with Crippen molar-refractivity contribution in [1.82, 2.24) is 0 Å².